The molecule has 0 saturated carbocycles. The van der Waals surface area contributed by atoms with Gasteiger partial charge in [-0.2, -0.15) is 0 Å². The Morgan fingerprint density at radius 2 is 2.00 bits per heavy atom. The van der Waals surface area contributed by atoms with Crippen LogP contribution in [0.1, 0.15) is 6.42 Å². The van der Waals surface area contributed by atoms with Crippen molar-refractivity contribution >= 4 is 9.84 Å². The summed E-state index contributed by atoms with van der Waals surface area (Å²) in [5.74, 6) is 1.19. The van der Waals surface area contributed by atoms with Crippen LogP contribution in [0.25, 0.3) is 0 Å². The monoisotopic (exact) mass is 206 g/mol. The average Bonchev–Trinajstić information content (AvgIpc) is 2.46. The molecule has 0 aromatic carbocycles. The Kier molecular flexibility index (Phi) is 3.70. The molecule has 0 aromatic heterocycles. The van der Waals surface area contributed by atoms with Crippen LogP contribution >= 0.6 is 0 Å². The third kappa shape index (κ3) is 3.62. The SMILES string of the molecule is CS(=O)(=O)CCC1CNCC1CN. The molecule has 0 aromatic rings. The minimum atomic E-state index is -2.81. The van der Waals surface area contributed by atoms with Gasteiger partial charge in [-0.1, -0.05) is 0 Å². The first-order chi connectivity index (χ1) is 6.03. The highest BCUT2D eigenvalue weighted by Crippen LogP contribution is 2.19. The summed E-state index contributed by atoms with van der Waals surface area (Å²) >= 11 is 0. The smallest absolute Gasteiger partial charge is 0.147 e. The van der Waals surface area contributed by atoms with Gasteiger partial charge in [0.25, 0.3) is 0 Å². The zero-order chi connectivity index (χ0) is 9.90. The molecule has 78 valence electrons. The average molecular weight is 206 g/mol. The van der Waals surface area contributed by atoms with Gasteiger partial charge in [0.1, 0.15) is 9.84 Å². The fourth-order valence-electron chi connectivity index (χ4n) is 1.77. The van der Waals surface area contributed by atoms with Gasteiger partial charge in [0, 0.05) is 6.26 Å². The first kappa shape index (κ1) is 10.9. The van der Waals surface area contributed by atoms with E-state index in [0.29, 0.717) is 18.4 Å². The summed E-state index contributed by atoms with van der Waals surface area (Å²) in [7, 11) is -2.81. The Bertz CT molecular complexity index is 251. The van der Waals surface area contributed by atoms with Crippen LogP contribution in [0.3, 0.4) is 0 Å². The van der Waals surface area contributed by atoms with Crippen LogP contribution in [0.2, 0.25) is 0 Å². The zero-order valence-corrected chi connectivity index (χ0v) is 8.81. The Hall–Kier alpha value is -0.130. The fourth-order valence-corrected chi connectivity index (χ4v) is 2.50. The van der Waals surface area contributed by atoms with Gasteiger partial charge < -0.3 is 11.1 Å². The summed E-state index contributed by atoms with van der Waals surface area (Å²) < 4.78 is 21.9. The van der Waals surface area contributed by atoms with Gasteiger partial charge in [0.05, 0.1) is 5.75 Å². The van der Waals surface area contributed by atoms with Crippen molar-refractivity contribution in [1.29, 1.82) is 0 Å². The summed E-state index contributed by atoms with van der Waals surface area (Å²) in [6.45, 7) is 2.50. The summed E-state index contributed by atoms with van der Waals surface area (Å²) in [6, 6.07) is 0. The van der Waals surface area contributed by atoms with Gasteiger partial charge in [-0.15, -0.1) is 0 Å². The van der Waals surface area contributed by atoms with E-state index in [4.69, 9.17) is 5.73 Å². The Labute approximate surface area is 79.8 Å². The maximum absolute atomic E-state index is 10.9. The molecular formula is C8H18N2O2S. The first-order valence-corrected chi connectivity index (χ1v) is 6.67. The van der Waals surface area contributed by atoms with E-state index in [1.807, 2.05) is 0 Å². The third-order valence-corrected chi connectivity index (χ3v) is 3.62. The number of nitrogens with one attached hydrogen (secondary N) is 1. The first-order valence-electron chi connectivity index (χ1n) is 4.61. The molecule has 2 atom stereocenters. The molecule has 0 bridgehead atoms. The fraction of sp³-hybridized carbons (Fsp3) is 1.00. The second-order valence-corrected chi connectivity index (χ2v) is 6.09. The van der Waals surface area contributed by atoms with E-state index < -0.39 is 9.84 Å². The van der Waals surface area contributed by atoms with E-state index in [1.54, 1.807) is 0 Å². The van der Waals surface area contributed by atoms with Gasteiger partial charge in [-0.3, -0.25) is 0 Å². The molecule has 0 radical (unpaired) electrons. The standard InChI is InChI=1S/C8H18N2O2S/c1-13(11,12)3-2-7-5-10-6-8(7)4-9/h7-8,10H,2-6,9H2,1H3. The Balaban J connectivity index is 2.36. The van der Waals surface area contributed by atoms with Crippen molar-refractivity contribution in [3.63, 3.8) is 0 Å². The molecule has 2 unspecified atom stereocenters. The Morgan fingerprint density at radius 1 is 1.38 bits per heavy atom. The summed E-state index contributed by atoms with van der Waals surface area (Å²) in [5, 5.41) is 3.23. The lowest BCUT2D eigenvalue weighted by molar-refractivity contribution is 0.416. The van der Waals surface area contributed by atoms with Crippen molar-refractivity contribution in [1.82, 2.24) is 5.32 Å². The molecule has 4 nitrogen and oxygen atoms in total. The van der Waals surface area contributed by atoms with Crippen LogP contribution in [0.5, 0.6) is 0 Å². The zero-order valence-electron chi connectivity index (χ0n) is 7.99. The van der Waals surface area contributed by atoms with Crippen molar-refractivity contribution in [2.75, 3.05) is 31.6 Å². The molecule has 1 heterocycles. The van der Waals surface area contributed by atoms with E-state index in [9.17, 15) is 8.42 Å². The lowest BCUT2D eigenvalue weighted by Gasteiger charge is -2.15. The molecule has 0 amide bonds. The Morgan fingerprint density at radius 3 is 2.54 bits per heavy atom. The lowest BCUT2D eigenvalue weighted by Crippen LogP contribution is -2.23. The normalized spacial score (nSPS) is 29.4. The van der Waals surface area contributed by atoms with Gasteiger partial charge in [0.2, 0.25) is 0 Å². The summed E-state index contributed by atoms with van der Waals surface area (Å²) in [5.41, 5.74) is 5.57. The van der Waals surface area contributed by atoms with E-state index in [-0.39, 0.29) is 5.75 Å². The van der Waals surface area contributed by atoms with Crippen molar-refractivity contribution in [3.8, 4) is 0 Å². The lowest BCUT2D eigenvalue weighted by atomic mass is 9.94. The number of rotatable bonds is 4. The molecule has 0 spiro atoms. The highest BCUT2D eigenvalue weighted by atomic mass is 32.2. The second-order valence-electron chi connectivity index (χ2n) is 3.83. The predicted molar refractivity (Wildman–Crippen MR) is 53.2 cm³/mol. The maximum atomic E-state index is 10.9. The van der Waals surface area contributed by atoms with E-state index in [1.165, 1.54) is 6.26 Å². The minimum absolute atomic E-state index is 0.288. The molecule has 5 heteroatoms. The highest BCUT2D eigenvalue weighted by molar-refractivity contribution is 7.90. The number of hydrogen-bond donors (Lipinski definition) is 2. The summed E-state index contributed by atoms with van der Waals surface area (Å²) in [6.07, 6.45) is 2.03. The molecule has 1 fully saturated rings. The van der Waals surface area contributed by atoms with Crippen molar-refractivity contribution in [3.05, 3.63) is 0 Å². The van der Waals surface area contributed by atoms with Gasteiger partial charge in [-0.25, -0.2) is 8.42 Å². The van der Waals surface area contributed by atoms with E-state index in [2.05, 4.69) is 5.32 Å². The maximum Gasteiger partial charge on any atom is 0.147 e. The molecule has 1 saturated heterocycles. The molecule has 3 N–H and O–H groups in total. The van der Waals surface area contributed by atoms with Crippen LogP contribution < -0.4 is 11.1 Å². The molecule has 13 heavy (non-hydrogen) atoms. The molecular weight excluding hydrogens is 188 g/mol. The summed E-state index contributed by atoms with van der Waals surface area (Å²) in [4.78, 5) is 0. The van der Waals surface area contributed by atoms with Crippen LogP contribution in [-0.2, 0) is 9.84 Å². The van der Waals surface area contributed by atoms with Gasteiger partial charge >= 0.3 is 0 Å². The minimum Gasteiger partial charge on any atom is -0.330 e. The van der Waals surface area contributed by atoms with Crippen LogP contribution in [0, 0.1) is 11.8 Å². The largest absolute Gasteiger partial charge is 0.330 e. The highest BCUT2D eigenvalue weighted by Gasteiger charge is 2.26. The molecule has 1 rings (SSSR count). The molecule has 1 aliphatic heterocycles. The quantitative estimate of drug-likeness (QED) is 0.632. The number of nitrogens with two attached hydrogens (primary N) is 1. The van der Waals surface area contributed by atoms with Crippen molar-refractivity contribution < 1.29 is 8.42 Å². The topological polar surface area (TPSA) is 72.2 Å². The van der Waals surface area contributed by atoms with Crippen LogP contribution in [0.15, 0.2) is 0 Å². The van der Waals surface area contributed by atoms with Gasteiger partial charge in [0.15, 0.2) is 0 Å². The van der Waals surface area contributed by atoms with E-state index >= 15 is 0 Å². The third-order valence-electron chi connectivity index (χ3n) is 2.64. The molecule has 0 aliphatic carbocycles. The number of sulfone groups is 1. The number of hydrogen-bond acceptors (Lipinski definition) is 4. The molecule has 1 aliphatic rings. The van der Waals surface area contributed by atoms with Gasteiger partial charge in [-0.05, 0) is 37.9 Å². The van der Waals surface area contributed by atoms with Crippen LogP contribution in [-0.4, -0.2) is 40.1 Å². The second kappa shape index (κ2) is 4.39. The van der Waals surface area contributed by atoms with Crippen molar-refractivity contribution in [2.45, 2.75) is 6.42 Å². The van der Waals surface area contributed by atoms with Crippen LogP contribution in [0.4, 0.5) is 0 Å². The van der Waals surface area contributed by atoms with Crippen molar-refractivity contribution in [2.24, 2.45) is 17.6 Å². The predicted octanol–water partition coefficient (Wildman–Crippen LogP) is -0.785. The van der Waals surface area contributed by atoms with E-state index in [0.717, 1.165) is 19.5 Å².